The van der Waals surface area contributed by atoms with Crippen LogP contribution >= 0.6 is 34.5 Å². The van der Waals surface area contributed by atoms with Crippen LogP contribution in [-0.4, -0.2) is 72.8 Å². The highest BCUT2D eigenvalue weighted by atomic mass is 35.5. The molecule has 0 bridgehead atoms. The standard InChI is InChI=1S/C29H34Cl2N6O4S2/c1-2-3-5-8-22-10-12-26(42-22)28-23(20-32-43(39,40)36-15-17-41-18-16-36)27(29(38)34-35-13-6-4-7-14-35)33-37(28)25-11-9-21(30)19-24(25)31/h9-12,19,32H,2-4,6-7,13-18,20H2,1H3,(H,34,38). The number of ether oxygens (including phenoxy) is 1. The summed E-state index contributed by atoms with van der Waals surface area (Å²) in [6.07, 6.45) is 4.79. The fraction of sp³-hybridized carbons (Fsp3) is 0.448. The summed E-state index contributed by atoms with van der Waals surface area (Å²) >= 11 is 14.3. The molecule has 2 aliphatic rings. The van der Waals surface area contributed by atoms with E-state index in [4.69, 9.17) is 33.0 Å². The second kappa shape index (κ2) is 14.5. The van der Waals surface area contributed by atoms with Crippen LogP contribution in [0.5, 0.6) is 0 Å². The predicted octanol–water partition coefficient (Wildman–Crippen LogP) is 4.86. The topological polar surface area (TPSA) is 109 Å². The van der Waals surface area contributed by atoms with Crippen molar-refractivity contribution in [3.63, 3.8) is 0 Å². The molecule has 0 aliphatic carbocycles. The molecule has 43 heavy (non-hydrogen) atoms. The summed E-state index contributed by atoms with van der Waals surface area (Å²) in [6.45, 7) is 4.49. The van der Waals surface area contributed by atoms with Crippen molar-refractivity contribution in [3.05, 3.63) is 56.5 Å². The van der Waals surface area contributed by atoms with Crippen LogP contribution in [0.15, 0.2) is 30.3 Å². The van der Waals surface area contributed by atoms with Crippen molar-refractivity contribution in [3.8, 4) is 28.1 Å². The van der Waals surface area contributed by atoms with E-state index in [1.54, 1.807) is 22.9 Å². The Balaban J connectivity index is 1.62. The van der Waals surface area contributed by atoms with Gasteiger partial charge in [-0.15, -0.1) is 11.3 Å². The number of nitrogens with one attached hydrogen (secondary N) is 2. The zero-order valence-corrected chi connectivity index (χ0v) is 27.0. The lowest BCUT2D eigenvalue weighted by atomic mass is 10.1. The van der Waals surface area contributed by atoms with Gasteiger partial charge in [-0.05, 0) is 49.6 Å². The zero-order chi connectivity index (χ0) is 30.4. The number of carbonyl (C=O) groups is 1. The van der Waals surface area contributed by atoms with Crippen molar-refractivity contribution < 1.29 is 17.9 Å². The third-order valence-corrected chi connectivity index (χ3v) is 10.2. The second-order valence-corrected chi connectivity index (χ2v) is 13.9. The van der Waals surface area contributed by atoms with Crippen molar-refractivity contribution in [2.75, 3.05) is 39.4 Å². The van der Waals surface area contributed by atoms with Crippen LogP contribution in [0.25, 0.3) is 16.3 Å². The van der Waals surface area contributed by atoms with E-state index < -0.39 is 16.1 Å². The molecule has 0 saturated carbocycles. The minimum atomic E-state index is -3.87. The lowest BCUT2D eigenvalue weighted by Crippen LogP contribution is -2.47. The van der Waals surface area contributed by atoms with Gasteiger partial charge in [-0.1, -0.05) is 48.4 Å². The molecule has 0 spiro atoms. The summed E-state index contributed by atoms with van der Waals surface area (Å²) in [6, 6.07) is 8.85. The highest BCUT2D eigenvalue weighted by Gasteiger charge is 2.30. The number of piperidine rings is 1. The van der Waals surface area contributed by atoms with Crippen molar-refractivity contribution in [1.29, 1.82) is 0 Å². The number of amides is 1. The van der Waals surface area contributed by atoms with Crippen LogP contribution in [0, 0.1) is 11.8 Å². The zero-order valence-electron chi connectivity index (χ0n) is 23.9. The van der Waals surface area contributed by atoms with Crippen molar-refractivity contribution in [2.45, 2.75) is 45.6 Å². The van der Waals surface area contributed by atoms with Gasteiger partial charge in [0.25, 0.3) is 16.1 Å². The lowest BCUT2D eigenvalue weighted by molar-refractivity contribution is 0.0724. The molecule has 0 radical (unpaired) electrons. The van der Waals surface area contributed by atoms with E-state index in [0.29, 0.717) is 40.2 Å². The summed E-state index contributed by atoms with van der Waals surface area (Å²) in [5.74, 6) is 5.94. The summed E-state index contributed by atoms with van der Waals surface area (Å²) in [5.41, 5.74) is 4.56. The van der Waals surface area contributed by atoms with E-state index >= 15 is 0 Å². The Hall–Kier alpha value is -2.47. The number of thiophene rings is 1. The maximum absolute atomic E-state index is 13.8. The number of benzene rings is 1. The van der Waals surface area contributed by atoms with Crippen molar-refractivity contribution in [1.82, 2.24) is 29.2 Å². The quantitative estimate of drug-likeness (QED) is 0.317. The summed E-state index contributed by atoms with van der Waals surface area (Å²) < 4.78 is 37.6. The molecule has 10 nitrogen and oxygen atoms in total. The fourth-order valence-corrected chi connectivity index (χ4v) is 7.50. The van der Waals surface area contributed by atoms with E-state index in [1.807, 2.05) is 17.1 Å². The molecule has 1 aromatic carbocycles. The van der Waals surface area contributed by atoms with Gasteiger partial charge in [-0.25, -0.2) is 9.69 Å². The SMILES string of the molecule is CCCC#Cc1ccc(-c2c(CNS(=O)(=O)N3CCOCC3)c(C(=O)NN3CCCCC3)nn2-c2ccc(Cl)cc2Cl)s1. The van der Waals surface area contributed by atoms with Crippen LogP contribution < -0.4 is 10.1 Å². The molecular weight excluding hydrogens is 631 g/mol. The molecule has 1 amide bonds. The van der Waals surface area contributed by atoms with E-state index in [2.05, 4.69) is 28.9 Å². The number of morpholine rings is 1. The number of unbranched alkanes of at least 4 members (excludes halogenated alkanes) is 1. The molecule has 2 saturated heterocycles. The minimum absolute atomic E-state index is 0.100. The number of aromatic nitrogens is 2. The number of rotatable bonds is 9. The Morgan fingerprint density at radius 3 is 2.58 bits per heavy atom. The molecule has 2 N–H and O–H groups in total. The van der Waals surface area contributed by atoms with Crippen LogP contribution in [0.2, 0.25) is 10.0 Å². The third-order valence-electron chi connectivity index (χ3n) is 7.12. The largest absolute Gasteiger partial charge is 0.379 e. The average Bonchev–Trinajstić information content (AvgIpc) is 3.62. The van der Waals surface area contributed by atoms with Crippen LogP contribution in [0.4, 0.5) is 0 Å². The molecule has 2 fully saturated rings. The Kier molecular flexibility index (Phi) is 10.8. The average molecular weight is 666 g/mol. The smallest absolute Gasteiger partial charge is 0.286 e. The molecule has 0 atom stereocenters. The Bertz CT molecular complexity index is 1620. The van der Waals surface area contributed by atoms with E-state index in [1.165, 1.54) is 15.6 Å². The number of halogens is 2. The number of hydrogen-bond donors (Lipinski definition) is 2. The number of hydrazine groups is 1. The maximum atomic E-state index is 13.8. The molecule has 230 valence electrons. The summed E-state index contributed by atoms with van der Waals surface area (Å²) in [4.78, 5) is 15.4. The van der Waals surface area contributed by atoms with E-state index in [9.17, 15) is 13.2 Å². The van der Waals surface area contributed by atoms with Gasteiger partial charge in [0, 0.05) is 49.7 Å². The number of carbonyl (C=O) groups excluding carboxylic acids is 1. The van der Waals surface area contributed by atoms with E-state index in [0.717, 1.165) is 54.9 Å². The molecule has 2 aliphatic heterocycles. The molecular formula is C29H34Cl2N6O4S2. The molecule has 3 aromatic rings. The second-order valence-electron chi connectivity index (χ2n) is 10.2. The third kappa shape index (κ3) is 7.79. The highest BCUT2D eigenvalue weighted by Crippen LogP contribution is 2.36. The molecule has 2 aromatic heterocycles. The van der Waals surface area contributed by atoms with Crippen LogP contribution in [0.1, 0.15) is 60.0 Å². The minimum Gasteiger partial charge on any atom is -0.379 e. The molecule has 4 heterocycles. The van der Waals surface area contributed by atoms with Gasteiger partial charge in [-0.2, -0.15) is 22.5 Å². The fourth-order valence-electron chi connectivity index (χ4n) is 4.93. The normalized spacial score (nSPS) is 16.5. The van der Waals surface area contributed by atoms with Gasteiger partial charge >= 0.3 is 0 Å². The van der Waals surface area contributed by atoms with Gasteiger partial charge < -0.3 is 4.74 Å². The maximum Gasteiger partial charge on any atom is 0.286 e. The Labute approximate surface area is 266 Å². The highest BCUT2D eigenvalue weighted by molar-refractivity contribution is 7.87. The van der Waals surface area contributed by atoms with Crippen molar-refractivity contribution in [2.24, 2.45) is 0 Å². The Morgan fingerprint density at radius 1 is 1.09 bits per heavy atom. The molecule has 5 rings (SSSR count). The monoisotopic (exact) mass is 664 g/mol. The molecule has 0 unspecified atom stereocenters. The van der Waals surface area contributed by atoms with Gasteiger partial charge in [0.2, 0.25) is 0 Å². The van der Waals surface area contributed by atoms with Gasteiger partial charge in [-0.3, -0.25) is 10.2 Å². The number of hydrogen-bond acceptors (Lipinski definition) is 7. The Morgan fingerprint density at radius 2 is 1.86 bits per heavy atom. The molecule has 14 heteroatoms. The first kappa shape index (κ1) is 31.9. The van der Waals surface area contributed by atoms with Gasteiger partial charge in [0.15, 0.2) is 5.69 Å². The predicted molar refractivity (Wildman–Crippen MR) is 170 cm³/mol. The van der Waals surface area contributed by atoms with Gasteiger partial charge in [0.05, 0.1) is 39.4 Å². The van der Waals surface area contributed by atoms with E-state index in [-0.39, 0.29) is 25.3 Å². The van der Waals surface area contributed by atoms with Gasteiger partial charge in [0.1, 0.15) is 0 Å². The number of nitrogens with zero attached hydrogens (tertiary/aromatic N) is 4. The summed E-state index contributed by atoms with van der Waals surface area (Å²) in [7, 11) is -3.87. The first-order valence-electron chi connectivity index (χ1n) is 14.3. The van der Waals surface area contributed by atoms with Crippen LogP contribution in [-0.2, 0) is 21.5 Å². The lowest BCUT2D eigenvalue weighted by Gasteiger charge is -2.27. The summed E-state index contributed by atoms with van der Waals surface area (Å²) in [5, 5.41) is 7.43. The van der Waals surface area contributed by atoms with Crippen molar-refractivity contribution >= 4 is 50.7 Å². The first-order valence-corrected chi connectivity index (χ1v) is 17.3. The first-order chi connectivity index (χ1) is 20.8. The van der Waals surface area contributed by atoms with Crippen LogP contribution in [0.3, 0.4) is 0 Å².